The zero-order valence-electron chi connectivity index (χ0n) is 13.8. The maximum absolute atomic E-state index is 12.7. The standard InChI is InChI=1S/C17H21Cl2N3O2.ClH/c18-12-4-5-14(13(19)9-12)21-16(23)15-3-1-2-8-22(15)17(24)11-6-7-20-10-11;/h4-5,9,11,15,20H,1-3,6-8,10H2,(H,21,23);1H. The van der Waals surface area contributed by atoms with Gasteiger partial charge in [0.1, 0.15) is 6.04 Å². The summed E-state index contributed by atoms with van der Waals surface area (Å²) in [4.78, 5) is 27.2. The molecular weight excluding hydrogens is 385 g/mol. The summed E-state index contributed by atoms with van der Waals surface area (Å²) in [7, 11) is 0. The Morgan fingerprint density at radius 2 is 2.00 bits per heavy atom. The van der Waals surface area contributed by atoms with Crippen molar-refractivity contribution in [3.63, 3.8) is 0 Å². The van der Waals surface area contributed by atoms with Gasteiger partial charge < -0.3 is 15.5 Å². The predicted octanol–water partition coefficient (Wildman–Crippen LogP) is 3.34. The van der Waals surface area contributed by atoms with Crippen molar-refractivity contribution >= 4 is 53.1 Å². The van der Waals surface area contributed by atoms with Crippen LogP contribution in [0.5, 0.6) is 0 Å². The van der Waals surface area contributed by atoms with Crippen LogP contribution in [0.1, 0.15) is 25.7 Å². The summed E-state index contributed by atoms with van der Waals surface area (Å²) in [6.07, 6.45) is 3.41. The second-order valence-corrected chi connectivity index (χ2v) is 7.19. The van der Waals surface area contributed by atoms with E-state index in [0.29, 0.717) is 35.2 Å². The van der Waals surface area contributed by atoms with Gasteiger partial charge in [0, 0.05) is 18.1 Å². The van der Waals surface area contributed by atoms with Crippen molar-refractivity contribution in [3.8, 4) is 0 Å². The van der Waals surface area contributed by atoms with E-state index in [1.807, 2.05) is 0 Å². The summed E-state index contributed by atoms with van der Waals surface area (Å²) in [5, 5.41) is 6.96. The molecule has 8 heteroatoms. The van der Waals surface area contributed by atoms with E-state index in [1.165, 1.54) is 0 Å². The lowest BCUT2D eigenvalue weighted by Gasteiger charge is -2.36. The Morgan fingerprint density at radius 1 is 1.20 bits per heavy atom. The molecule has 2 N–H and O–H groups in total. The lowest BCUT2D eigenvalue weighted by atomic mass is 9.98. The summed E-state index contributed by atoms with van der Waals surface area (Å²) in [5.74, 6) is -0.113. The van der Waals surface area contributed by atoms with Crippen LogP contribution in [0.15, 0.2) is 18.2 Å². The highest BCUT2D eigenvalue weighted by molar-refractivity contribution is 6.36. The fraction of sp³-hybridized carbons (Fsp3) is 0.529. The SMILES string of the molecule is Cl.O=C(Nc1ccc(Cl)cc1Cl)C1CCCCN1C(=O)C1CCNC1. The third-order valence-electron chi connectivity index (χ3n) is 4.69. The molecule has 0 aromatic heterocycles. The number of hydrogen-bond donors (Lipinski definition) is 2. The number of likely N-dealkylation sites (tertiary alicyclic amines) is 1. The van der Waals surface area contributed by atoms with E-state index in [2.05, 4.69) is 10.6 Å². The third kappa shape index (κ3) is 4.79. The number of halogens is 3. The summed E-state index contributed by atoms with van der Waals surface area (Å²) < 4.78 is 0. The number of nitrogens with zero attached hydrogens (tertiary/aromatic N) is 1. The van der Waals surface area contributed by atoms with Crippen molar-refractivity contribution in [2.75, 3.05) is 25.0 Å². The van der Waals surface area contributed by atoms with Crippen LogP contribution in [0.4, 0.5) is 5.69 Å². The molecule has 1 aromatic carbocycles. The first kappa shape index (κ1) is 20.3. The van der Waals surface area contributed by atoms with Crippen LogP contribution < -0.4 is 10.6 Å². The molecule has 0 bridgehead atoms. The van der Waals surface area contributed by atoms with E-state index >= 15 is 0 Å². The monoisotopic (exact) mass is 405 g/mol. The van der Waals surface area contributed by atoms with Crippen LogP contribution in [0.2, 0.25) is 10.0 Å². The normalized spacial score (nSPS) is 23.0. The lowest BCUT2D eigenvalue weighted by Crippen LogP contribution is -2.52. The number of anilines is 1. The molecule has 25 heavy (non-hydrogen) atoms. The Kier molecular flexibility index (Phi) is 7.37. The predicted molar refractivity (Wildman–Crippen MR) is 103 cm³/mol. The van der Waals surface area contributed by atoms with E-state index in [4.69, 9.17) is 23.2 Å². The van der Waals surface area contributed by atoms with Crippen LogP contribution >= 0.6 is 35.6 Å². The molecule has 2 unspecified atom stereocenters. The van der Waals surface area contributed by atoms with Gasteiger partial charge in [-0.15, -0.1) is 12.4 Å². The highest BCUT2D eigenvalue weighted by atomic mass is 35.5. The first-order valence-electron chi connectivity index (χ1n) is 8.33. The summed E-state index contributed by atoms with van der Waals surface area (Å²) in [6.45, 7) is 2.20. The molecule has 3 rings (SSSR count). The second-order valence-electron chi connectivity index (χ2n) is 6.35. The number of benzene rings is 1. The minimum absolute atomic E-state index is 0. The second kappa shape index (κ2) is 9.08. The molecule has 0 radical (unpaired) electrons. The molecule has 2 fully saturated rings. The molecular formula is C17H22Cl3N3O2. The molecule has 0 aliphatic carbocycles. The van der Waals surface area contributed by atoms with Gasteiger partial charge in [-0.1, -0.05) is 23.2 Å². The summed E-state index contributed by atoms with van der Waals surface area (Å²) in [6, 6.07) is 4.51. The Hall–Kier alpha value is -1.01. The molecule has 2 saturated heterocycles. The van der Waals surface area contributed by atoms with Crippen molar-refractivity contribution in [1.82, 2.24) is 10.2 Å². The van der Waals surface area contributed by atoms with Gasteiger partial charge in [0.2, 0.25) is 11.8 Å². The molecule has 2 aliphatic rings. The van der Waals surface area contributed by atoms with E-state index in [0.717, 1.165) is 25.8 Å². The van der Waals surface area contributed by atoms with Gasteiger partial charge >= 0.3 is 0 Å². The minimum atomic E-state index is -0.432. The van der Waals surface area contributed by atoms with Gasteiger partial charge in [0.05, 0.1) is 16.6 Å². The lowest BCUT2D eigenvalue weighted by molar-refractivity contribution is -0.143. The molecule has 1 aromatic rings. The van der Waals surface area contributed by atoms with Gasteiger partial charge in [-0.3, -0.25) is 9.59 Å². The van der Waals surface area contributed by atoms with E-state index < -0.39 is 6.04 Å². The topological polar surface area (TPSA) is 61.4 Å². The fourth-order valence-electron chi connectivity index (χ4n) is 3.37. The van der Waals surface area contributed by atoms with Crippen molar-refractivity contribution in [2.24, 2.45) is 5.92 Å². The van der Waals surface area contributed by atoms with Crippen LogP contribution in [0.3, 0.4) is 0 Å². The molecule has 2 heterocycles. The first-order valence-corrected chi connectivity index (χ1v) is 9.09. The number of carbonyl (C=O) groups excluding carboxylic acids is 2. The highest BCUT2D eigenvalue weighted by Gasteiger charge is 2.36. The number of carbonyl (C=O) groups is 2. The molecule has 2 aliphatic heterocycles. The van der Waals surface area contributed by atoms with Crippen molar-refractivity contribution in [2.45, 2.75) is 31.7 Å². The fourth-order valence-corrected chi connectivity index (χ4v) is 3.83. The third-order valence-corrected chi connectivity index (χ3v) is 5.23. The number of rotatable bonds is 3. The molecule has 138 valence electrons. The quantitative estimate of drug-likeness (QED) is 0.809. The largest absolute Gasteiger partial charge is 0.330 e. The number of piperidine rings is 1. The summed E-state index contributed by atoms with van der Waals surface area (Å²) in [5.41, 5.74) is 0.520. The zero-order chi connectivity index (χ0) is 17.1. The highest BCUT2D eigenvalue weighted by Crippen LogP contribution is 2.27. The molecule has 2 atom stereocenters. The van der Waals surface area contributed by atoms with Gasteiger partial charge in [-0.25, -0.2) is 0 Å². The van der Waals surface area contributed by atoms with E-state index in [-0.39, 0.29) is 30.1 Å². The number of nitrogens with one attached hydrogen (secondary N) is 2. The molecule has 5 nitrogen and oxygen atoms in total. The molecule has 2 amide bonds. The number of hydrogen-bond acceptors (Lipinski definition) is 3. The van der Waals surface area contributed by atoms with Gasteiger partial charge in [0.15, 0.2) is 0 Å². The Morgan fingerprint density at radius 3 is 2.68 bits per heavy atom. The maximum Gasteiger partial charge on any atom is 0.247 e. The maximum atomic E-state index is 12.7. The Balaban J connectivity index is 0.00000225. The van der Waals surface area contributed by atoms with Gasteiger partial charge in [0.25, 0.3) is 0 Å². The molecule has 0 saturated carbocycles. The molecule has 0 spiro atoms. The first-order chi connectivity index (χ1) is 11.6. The van der Waals surface area contributed by atoms with Crippen molar-refractivity contribution in [1.29, 1.82) is 0 Å². The average Bonchev–Trinajstić information content (AvgIpc) is 3.11. The smallest absolute Gasteiger partial charge is 0.247 e. The van der Waals surface area contributed by atoms with Gasteiger partial charge in [-0.05, 0) is 50.4 Å². The zero-order valence-corrected chi connectivity index (χ0v) is 16.1. The minimum Gasteiger partial charge on any atom is -0.330 e. The van der Waals surface area contributed by atoms with E-state index in [9.17, 15) is 9.59 Å². The van der Waals surface area contributed by atoms with Gasteiger partial charge in [-0.2, -0.15) is 0 Å². The average molecular weight is 407 g/mol. The summed E-state index contributed by atoms with van der Waals surface area (Å²) >= 11 is 12.0. The Labute approximate surface area is 163 Å². The van der Waals surface area contributed by atoms with Crippen molar-refractivity contribution < 1.29 is 9.59 Å². The number of amides is 2. The van der Waals surface area contributed by atoms with Crippen LogP contribution in [-0.4, -0.2) is 42.4 Å². The van der Waals surface area contributed by atoms with Crippen LogP contribution in [-0.2, 0) is 9.59 Å². The van der Waals surface area contributed by atoms with Crippen molar-refractivity contribution in [3.05, 3.63) is 28.2 Å². The Bertz CT molecular complexity index is 636. The van der Waals surface area contributed by atoms with E-state index in [1.54, 1.807) is 23.1 Å². The van der Waals surface area contributed by atoms with Crippen LogP contribution in [0, 0.1) is 5.92 Å². The van der Waals surface area contributed by atoms with Crippen LogP contribution in [0.25, 0.3) is 0 Å².